The summed E-state index contributed by atoms with van der Waals surface area (Å²) >= 11 is 7.18. The monoisotopic (exact) mass is 393 g/mol. The van der Waals surface area contributed by atoms with Crippen LogP contribution in [0.15, 0.2) is 46.9 Å². The third-order valence-corrected chi connectivity index (χ3v) is 4.92. The van der Waals surface area contributed by atoms with Gasteiger partial charge in [0.2, 0.25) is 0 Å². The van der Waals surface area contributed by atoms with Gasteiger partial charge >= 0.3 is 0 Å². The first-order valence-electron chi connectivity index (χ1n) is 6.89. The molecule has 1 unspecified atom stereocenters. The number of halogens is 2. The Morgan fingerprint density at radius 3 is 2.75 bits per heavy atom. The Morgan fingerprint density at radius 1 is 1.15 bits per heavy atom. The highest BCUT2D eigenvalue weighted by atomic mass is 79.9. The topological polar surface area (TPSA) is 3.24 Å². The molecule has 0 aliphatic carbocycles. The average Bonchev–Trinajstić information content (AvgIpc) is 2.46. The van der Waals surface area contributed by atoms with Gasteiger partial charge in [-0.3, -0.25) is 0 Å². The fourth-order valence-electron chi connectivity index (χ4n) is 2.95. The molecule has 2 aromatic carbocycles. The molecule has 0 fully saturated rings. The van der Waals surface area contributed by atoms with Crippen molar-refractivity contribution in [1.29, 1.82) is 0 Å². The second-order valence-corrected chi connectivity index (χ2v) is 6.93. The third kappa shape index (κ3) is 2.66. The minimum Gasteiger partial charge on any atom is -0.341 e. The van der Waals surface area contributed by atoms with E-state index in [-0.39, 0.29) is 0 Å². The van der Waals surface area contributed by atoms with E-state index in [2.05, 4.69) is 86.1 Å². The van der Waals surface area contributed by atoms with E-state index in [0.29, 0.717) is 5.92 Å². The Morgan fingerprint density at radius 2 is 1.95 bits per heavy atom. The summed E-state index contributed by atoms with van der Waals surface area (Å²) < 4.78 is 1.13. The first-order chi connectivity index (χ1) is 9.69. The van der Waals surface area contributed by atoms with Crippen molar-refractivity contribution in [3.63, 3.8) is 0 Å². The lowest BCUT2D eigenvalue weighted by molar-refractivity contribution is 0.562. The molecule has 0 aromatic heterocycles. The summed E-state index contributed by atoms with van der Waals surface area (Å²) in [5, 5.41) is 0.870. The zero-order chi connectivity index (χ0) is 14.1. The number of benzene rings is 2. The number of hydrogen-bond donors (Lipinski definition) is 0. The maximum Gasteiger partial charge on any atom is 0.0452 e. The summed E-state index contributed by atoms with van der Waals surface area (Å²) in [6.07, 6.45) is 1.17. The minimum absolute atomic E-state index is 0.678. The summed E-state index contributed by atoms with van der Waals surface area (Å²) in [5.74, 6) is 0.678. The molecule has 2 aromatic rings. The van der Waals surface area contributed by atoms with E-state index < -0.39 is 0 Å². The highest BCUT2D eigenvalue weighted by Gasteiger charge is 2.23. The Bertz CT molecular complexity index is 624. The normalized spacial score (nSPS) is 17.9. The summed E-state index contributed by atoms with van der Waals surface area (Å²) in [4.78, 5) is 2.46. The first kappa shape index (κ1) is 14.2. The van der Waals surface area contributed by atoms with Gasteiger partial charge in [0.15, 0.2) is 0 Å². The molecular formula is C17H17Br2N. The zero-order valence-electron chi connectivity index (χ0n) is 11.4. The Balaban J connectivity index is 2.10. The summed E-state index contributed by atoms with van der Waals surface area (Å²) in [7, 11) is 0. The number of para-hydroxylation sites is 1. The van der Waals surface area contributed by atoms with E-state index in [4.69, 9.17) is 0 Å². The van der Waals surface area contributed by atoms with Gasteiger partial charge in [0.25, 0.3) is 0 Å². The lowest BCUT2D eigenvalue weighted by Gasteiger charge is -2.36. The highest BCUT2D eigenvalue weighted by Crippen LogP contribution is 2.38. The smallest absolute Gasteiger partial charge is 0.0452 e. The standard InChI is InChI=1S/C17H17Br2N/c1-12-8-13-4-2-3-5-16(13)20(11-12)17-7-6-15(19)9-14(17)10-18/h2-7,9,12H,8,10-11H2,1H3. The fourth-order valence-corrected chi connectivity index (χ4v) is 3.81. The van der Waals surface area contributed by atoms with Crippen LogP contribution in [0.4, 0.5) is 11.4 Å². The van der Waals surface area contributed by atoms with Crippen LogP contribution in [0, 0.1) is 5.92 Å². The predicted molar refractivity (Wildman–Crippen MR) is 93.1 cm³/mol. The van der Waals surface area contributed by atoms with Crippen LogP contribution in [0.2, 0.25) is 0 Å². The van der Waals surface area contributed by atoms with Gasteiger partial charge in [-0.2, -0.15) is 0 Å². The molecule has 20 heavy (non-hydrogen) atoms. The van der Waals surface area contributed by atoms with E-state index in [1.807, 2.05) is 0 Å². The van der Waals surface area contributed by atoms with Crippen LogP contribution >= 0.6 is 31.9 Å². The molecule has 1 nitrogen and oxygen atoms in total. The lowest BCUT2D eigenvalue weighted by Crippen LogP contribution is -2.30. The van der Waals surface area contributed by atoms with E-state index >= 15 is 0 Å². The van der Waals surface area contributed by atoms with Crippen LogP contribution in [0.5, 0.6) is 0 Å². The van der Waals surface area contributed by atoms with Crippen LogP contribution in [-0.4, -0.2) is 6.54 Å². The maximum absolute atomic E-state index is 3.62. The van der Waals surface area contributed by atoms with Gasteiger partial charge in [-0.15, -0.1) is 0 Å². The summed E-state index contributed by atoms with van der Waals surface area (Å²) in [5.41, 5.74) is 5.44. The van der Waals surface area contributed by atoms with Crippen molar-refractivity contribution >= 4 is 43.2 Å². The molecule has 0 radical (unpaired) electrons. The summed E-state index contributed by atoms with van der Waals surface area (Å²) in [6.45, 7) is 3.41. The molecule has 1 heterocycles. The van der Waals surface area contributed by atoms with E-state index in [0.717, 1.165) is 16.3 Å². The van der Waals surface area contributed by atoms with E-state index in [9.17, 15) is 0 Å². The molecule has 0 saturated carbocycles. The van der Waals surface area contributed by atoms with Crippen molar-refractivity contribution in [2.75, 3.05) is 11.4 Å². The quantitative estimate of drug-likeness (QED) is 0.592. The SMILES string of the molecule is CC1Cc2ccccc2N(c2ccc(Br)cc2CBr)C1. The van der Waals surface area contributed by atoms with Crippen LogP contribution in [0.3, 0.4) is 0 Å². The van der Waals surface area contributed by atoms with Crippen LogP contribution in [0.25, 0.3) is 0 Å². The molecule has 1 aliphatic rings. The van der Waals surface area contributed by atoms with Gasteiger partial charge in [-0.1, -0.05) is 57.0 Å². The van der Waals surface area contributed by atoms with Gasteiger partial charge < -0.3 is 4.90 Å². The Kier molecular flexibility index (Phi) is 4.18. The largest absolute Gasteiger partial charge is 0.341 e. The van der Waals surface area contributed by atoms with E-state index in [1.54, 1.807) is 0 Å². The molecule has 0 N–H and O–H groups in total. The van der Waals surface area contributed by atoms with Crippen molar-refractivity contribution in [3.8, 4) is 0 Å². The molecular weight excluding hydrogens is 378 g/mol. The van der Waals surface area contributed by atoms with Crippen LogP contribution < -0.4 is 4.90 Å². The first-order valence-corrected chi connectivity index (χ1v) is 8.80. The Labute approximate surface area is 137 Å². The number of nitrogens with zero attached hydrogens (tertiary/aromatic N) is 1. The number of fused-ring (bicyclic) bond motifs is 1. The minimum atomic E-state index is 0.678. The van der Waals surface area contributed by atoms with E-state index in [1.165, 1.54) is 28.9 Å². The van der Waals surface area contributed by atoms with Gasteiger partial charge in [0.1, 0.15) is 0 Å². The zero-order valence-corrected chi connectivity index (χ0v) is 14.6. The fraction of sp³-hybridized carbons (Fsp3) is 0.294. The summed E-state index contributed by atoms with van der Waals surface area (Å²) in [6, 6.07) is 15.3. The molecule has 1 atom stereocenters. The predicted octanol–water partition coefficient (Wildman–Crippen LogP) is 5.67. The van der Waals surface area contributed by atoms with Crippen LogP contribution in [0.1, 0.15) is 18.1 Å². The second-order valence-electron chi connectivity index (χ2n) is 5.46. The van der Waals surface area contributed by atoms with Crippen molar-refractivity contribution in [3.05, 3.63) is 58.1 Å². The van der Waals surface area contributed by atoms with Crippen molar-refractivity contribution in [1.82, 2.24) is 0 Å². The van der Waals surface area contributed by atoms with Crippen LogP contribution in [-0.2, 0) is 11.8 Å². The molecule has 0 saturated heterocycles. The maximum atomic E-state index is 3.62. The number of anilines is 2. The molecule has 3 heteroatoms. The number of hydrogen-bond acceptors (Lipinski definition) is 1. The number of rotatable bonds is 2. The highest BCUT2D eigenvalue weighted by molar-refractivity contribution is 9.10. The van der Waals surface area contributed by atoms with Gasteiger partial charge in [-0.25, -0.2) is 0 Å². The van der Waals surface area contributed by atoms with Gasteiger partial charge in [-0.05, 0) is 47.7 Å². The van der Waals surface area contributed by atoms with Gasteiger partial charge in [0.05, 0.1) is 0 Å². The second kappa shape index (κ2) is 5.90. The molecule has 104 valence electrons. The van der Waals surface area contributed by atoms with Crippen molar-refractivity contribution in [2.24, 2.45) is 5.92 Å². The molecule has 0 bridgehead atoms. The Hall–Kier alpha value is -0.800. The third-order valence-electron chi connectivity index (χ3n) is 3.82. The molecule has 1 aliphatic heterocycles. The van der Waals surface area contributed by atoms with Crippen molar-refractivity contribution < 1.29 is 0 Å². The number of alkyl halides is 1. The molecule has 3 rings (SSSR count). The lowest BCUT2D eigenvalue weighted by atomic mass is 9.93. The molecule has 0 spiro atoms. The average molecular weight is 395 g/mol. The van der Waals surface area contributed by atoms with Gasteiger partial charge in [0, 0.05) is 27.7 Å². The molecule has 0 amide bonds. The van der Waals surface area contributed by atoms with Crippen molar-refractivity contribution in [2.45, 2.75) is 18.7 Å².